The molecule has 0 fully saturated rings. The highest BCUT2D eigenvalue weighted by atomic mass is 32.1. The molecule has 1 amide bonds. The number of anilines is 1. The maximum absolute atomic E-state index is 13.4. The molecule has 0 aliphatic carbocycles. The van der Waals surface area contributed by atoms with Crippen molar-refractivity contribution in [3.63, 3.8) is 0 Å². The summed E-state index contributed by atoms with van der Waals surface area (Å²) in [5.74, 6) is -0.590. The van der Waals surface area contributed by atoms with E-state index in [-0.39, 0.29) is 11.6 Å². The molecule has 5 heteroatoms. The van der Waals surface area contributed by atoms with Crippen LogP contribution < -0.4 is 5.32 Å². The lowest BCUT2D eigenvalue weighted by atomic mass is 10.2. The van der Waals surface area contributed by atoms with Crippen molar-refractivity contribution in [3.8, 4) is 0 Å². The van der Waals surface area contributed by atoms with Gasteiger partial charge in [0, 0.05) is 6.42 Å². The second-order valence-electron chi connectivity index (χ2n) is 4.96. The van der Waals surface area contributed by atoms with Gasteiger partial charge in [-0.3, -0.25) is 4.79 Å². The van der Waals surface area contributed by atoms with Gasteiger partial charge < -0.3 is 5.32 Å². The smallest absolute Gasteiger partial charge is 0.224 e. The van der Waals surface area contributed by atoms with Crippen molar-refractivity contribution in [2.45, 2.75) is 19.3 Å². The van der Waals surface area contributed by atoms with Gasteiger partial charge in [-0.2, -0.15) is 0 Å². The summed E-state index contributed by atoms with van der Waals surface area (Å²) in [4.78, 5) is 16.4. The standard InChI is InChI=1S/C17H15FN2OS/c18-12-6-1-2-7-13(12)19-16(21)10-5-11-17-20-14-8-3-4-9-15(14)22-17/h1-4,6-9H,5,10-11H2,(H,19,21). The molecule has 22 heavy (non-hydrogen) atoms. The van der Waals surface area contributed by atoms with E-state index in [1.807, 2.05) is 24.3 Å². The number of hydrogen-bond donors (Lipinski definition) is 1. The van der Waals surface area contributed by atoms with Crippen LogP contribution in [0.15, 0.2) is 48.5 Å². The lowest BCUT2D eigenvalue weighted by molar-refractivity contribution is -0.116. The molecule has 112 valence electrons. The van der Waals surface area contributed by atoms with Crippen molar-refractivity contribution < 1.29 is 9.18 Å². The van der Waals surface area contributed by atoms with Crippen LogP contribution in [0, 0.1) is 5.82 Å². The fourth-order valence-corrected chi connectivity index (χ4v) is 3.21. The third-order valence-electron chi connectivity index (χ3n) is 3.28. The monoisotopic (exact) mass is 314 g/mol. The summed E-state index contributed by atoms with van der Waals surface area (Å²) < 4.78 is 14.6. The van der Waals surface area contributed by atoms with Gasteiger partial charge >= 0.3 is 0 Å². The Morgan fingerprint density at radius 2 is 1.91 bits per heavy atom. The summed E-state index contributed by atoms with van der Waals surface area (Å²) in [6.45, 7) is 0. The SMILES string of the molecule is O=C(CCCc1nc2ccccc2s1)Nc1ccccc1F. The summed E-state index contributed by atoms with van der Waals surface area (Å²) in [6.07, 6.45) is 1.80. The minimum Gasteiger partial charge on any atom is -0.324 e. The van der Waals surface area contributed by atoms with E-state index in [4.69, 9.17) is 0 Å². The molecule has 0 spiro atoms. The van der Waals surface area contributed by atoms with Gasteiger partial charge in [0.15, 0.2) is 0 Å². The molecule has 1 heterocycles. The molecule has 0 saturated carbocycles. The number of aromatic nitrogens is 1. The average molecular weight is 314 g/mol. The third-order valence-corrected chi connectivity index (χ3v) is 4.38. The second kappa shape index (κ2) is 6.66. The maximum atomic E-state index is 13.4. The molecule has 3 nitrogen and oxygen atoms in total. The van der Waals surface area contributed by atoms with E-state index < -0.39 is 5.82 Å². The zero-order valence-corrected chi connectivity index (χ0v) is 12.7. The maximum Gasteiger partial charge on any atom is 0.224 e. The lowest BCUT2D eigenvalue weighted by Crippen LogP contribution is -2.12. The van der Waals surface area contributed by atoms with Crippen LogP contribution in [-0.4, -0.2) is 10.9 Å². The molecular weight excluding hydrogens is 299 g/mol. The Morgan fingerprint density at radius 1 is 1.14 bits per heavy atom. The van der Waals surface area contributed by atoms with Crippen LogP contribution in [0.5, 0.6) is 0 Å². The van der Waals surface area contributed by atoms with Gasteiger partial charge in [-0.1, -0.05) is 24.3 Å². The molecule has 0 aliphatic rings. The zero-order chi connectivity index (χ0) is 15.4. The summed E-state index contributed by atoms with van der Waals surface area (Å²) in [5.41, 5.74) is 1.23. The minimum atomic E-state index is -0.415. The number of fused-ring (bicyclic) bond motifs is 1. The second-order valence-corrected chi connectivity index (χ2v) is 6.07. The molecule has 0 unspecified atom stereocenters. The van der Waals surface area contributed by atoms with E-state index in [9.17, 15) is 9.18 Å². The Morgan fingerprint density at radius 3 is 2.73 bits per heavy atom. The van der Waals surface area contributed by atoms with Crippen LogP contribution in [-0.2, 0) is 11.2 Å². The van der Waals surface area contributed by atoms with E-state index >= 15 is 0 Å². The predicted octanol–water partition coefficient (Wildman–Crippen LogP) is 4.40. The molecule has 3 rings (SSSR count). The fraction of sp³-hybridized carbons (Fsp3) is 0.176. The number of thiazole rings is 1. The van der Waals surface area contributed by atoms with Crippen molar-refractivity contribution >= 4 is 33.1 Å². The van der Waals surface area contributed by atoms with Gasteiger partial charge in [0.25, 0.3) is 0 Å². The first kappa shape index (κ1) is 14.7. The largest absolute Gasteiger partial charge is 0.324 e. The number of nitrogens with zero attached hydrogens (tertiary/aromatic N) is 1. The topological polar surface area (TPSA) is 42.0 Å². The summed E-state index contributed by atoms with van der Waals surface area (Å²) in [7, 11) is 0. The quantitative estimate of drug-likeness (QED) is 0.758. The number of hydrogen-bond acceptors (Lipinski definition) is 3. The molecule has 1 aromatic heterocycles. The summed E-state index contributed by atoms with van der Waals surface area (Å²) in [6, 6.07) is 14.2. The highest BCUT2D eigenvalue weighted by Gasteiger charge is 2.08. The highest BCUT2D eigenvalue weighted by Crippen LogP contribution is 2.22. The Kier molecular flexibility index (Phi) is 4.44. The number of benzene rings is 2. The third kappa shape index (κ3) is 3.49. The number of rotatable bonds is 5. The Bertz CT molecular complexity index is 767. The first-order valence-electron chi connectivity index (χ1n) is 7.11. The molecule has 0 saturated heterocycles. The molecule has 0 radical (unpaired) electrons. The zero-order valence-electron chi connectivity index (χ0n) is 11.9. The van der Waals surface area contributed by atoms with Crippen LogP contribution >= 0.6 is 11.3 Å². The highest BCUT2D eigenvalue weighted by molar-refractivity contribution is 7.18. The van der Waals surface area contributed by atoms with E-state index in [0.29, 0.717) is 12.8 Å². The van der Waals surface area contributed by atoms with Gasteiger partial charge in [-0.05, 0) is 37.1 Å². The van der Waals surface area contributed by atoms with Crippen molar-refractivity contribution in [2.24, 2.45) is 0 Å². The number of nitrogens with one attached hydrogen (secondary N) is 1. The van der Waals surface area contributed by atoms with Crippen LogP contribution in [0.25, 0.3) is 10.2 Å². The molecule has 0 aliphatic heterocycles. The number of para-hydroxylation sites is 2. The Hall–Kier alpha value is -2.27. The van der Waals surface area contributed by atoms with Crippen molar-refractivity contribution in [3.05, 3.63) is 59.4 Å². The number of carbonyl (C=O) groups excluding carboxylic acids is 1. The molecule has 3 aromatic rings. The minimum absolute atomic E-state index is 0.175. The van der Waals surface area contributed by atoms with Gasteiger partial charge in [0.2, 0.25) is 5.91 Å². The Labute approximate surface area is 131 Å². The van der Waals surface area contributed by atoms with Crippen molar-refractivity contribution in [1.82, 2.24) is 4.98 Å². The van der Waals surface area contributed by atoms with Crippen LogP contribution in [0.1, 0.15) is 17.8 Å². The number of carbonyl (C=O) groups is 1. The van der Waals surface area contributed by atoms with Gasteiger partial charge in [0.05, 0.1) is 20.9 Å². The molecular formula is C17H15FN2OS. The van der Waals surface area contributed by atoms with E-state index in [1.165, 1.54) is 6.07 Å². The van der Waals surface area contributed by atoms with Gasteiger partial charge in [0.1, 0.15) is 5.82 Å². The Balaban J connectivity index is 1.52. The van der Waals surface area contributed by atoms with E-state index in [2.05, 4.69) is 10.3 Å². The molecule has 0 atom stereocenters. The fourth-order valence-electron chi connectivity index (χ4n) is 2.20. The normalized spacial score (nSPS) is 10.8. The van der Waals surface area contributed by atoms with E-state index in [0.717, 1.165) is 21.6 Å². The first-order chi connectivity index (χ1) is 10.7. The molecule has 0 bridgehead atoms. The summed E-state index contributed by atoms with van der Waals surface area (Å²) in [5, 5.41) is 3.62. The summed E-state index contributed by atoms with van der Waals surface area (Å²) >= 11 is 1.65. The van der Waals surface area contributed by atoms with Crippen molar-refractivity contribution in [1.29, 1.82) is 0 Å². The van der Waals surface area contributed by atoms with Crippen LogP contribution in [0.3, 0.4) is 0 Å². The van der Waals surface area contributed by atoms with E-state index in [1.54, 1.807) is 29.5 Å². The van der Waals surface area contributed by atoms with Crippen LogP contribution in [0.2, 0.25) is 0 Å². The van der Waals surface area contributed by atoms with Crippen LogP contribution in [0.4, 0.5) is 10.1 Å². The first-order valence-corrected chi connectivity index (χ1v) is 7.93. The average Bonchev–Trinajstić information content (AvgIpc) is 2.92. The number of amides is 1. The molecule has 2 aromatic carbocycles. The van der Waals surface area contributed by atoms with Crippen molar-refractivity contribution in [2.75, 3.05) is 5.32 Å². The molecule has 1 N–H and O–H groups in total. The number of aryl methyl sites for hydroxylation is 1. The lowest BCUT2D eigenvalue weighted by Gasteiger charge is -2.05. The van der Waals surface area contributed by atoms with Gasteiger partial charge in [-0.15, -0.1) is 11.3 Å². The van der Waals surface area contributed by atoms with Gasteiger partial charge in [-0.25, -0.2) is 9.37 Å². The number of halogens is 1. The predicted molar refractivity (Wildman–Crippen MR) is 87.6 cm³/mol.